The summed E-state index contributed by atoms with van der Waals surface area (Å²) in [5, 5.41) is 0.623. The van der Waals surface area contributed by atoms with Crippen molar-refractivity contribution in [2.24, 2.45) is 0 Å². The van der Waals surface area contributed by atoms with Gasteiger partial charge in [-0.3, -0.25) is 4.98 Å². The van der Waals surface area contributed by atoms with Gasteiger partial charge in [0.2, 0.25) is 0 Å². The molecule has 0 aliphatic rings. The largest absolute Gasteiger partial charge is 0.598 e. The van der Waals surface area contributed by atoms with E-state index < -0.39 is 11.4 Å². The SMILES string of the molecule is C=CCC(N[S@@+]([O-])C(C)(C)C)c1cc(Cl)ccn1. The highest BCUT2D eigenvalue weighted by molar-refractivity contribution is 7.90. The van der Waals surface area contributed by atoms with E-state index in [0.717, 1.165) is 5.69 Å². The van der Waals surface area contributed by atoms with Gasteiger partial charge in [-0.05, 0) is 39.3 Å². The van der Waals surface area contributed by atoms with Gasteiger partial charge in [-0.25, -0.2) is 0 Å². The zero-order chi connectivity index (χ0) is 13.8. The second-order valence-corrected chi connectivity index (χ2v) is 7.41. The molecule has 0 aliphatic carbocycles. The van der Waals surface area contributed by atoms with Gasteiger partial charge in [-0.2, -0.15) is 0 Å². The molecule has 0 radical (unpaired) electrons. The van der Waals surface area contributed by atoms with Gasteiger partial charge in [0.15, 0.2) is 0 Å². The van der Waals surface area contributed by atoms with Crippen LogP contribution in [0.25, 0.3) is 0 Å². The lowest BCUT2D eigenvalue weighted by molar-refractivity contribution is 0.521. The van der Waals surface area contributed by atoms with E-state index in [9.17, 15) is 4.55 Å². The summed E-state index contributed by atoms with van der Waals surface area (Å²) in [7, 11) is 0. The number of hydrogen-bond donors (Lipinski definition) is 1. The van der Waals surface area contributed by atoms with E-state index in [0.29, 0.717) is 11.4 Å². The molecule has 2 atom stereocenters. The predicted molar refractivity (Wildman–Crippen MR) is 77.8 cm³/mol. The third kappa shape index (κ3) is 4.61. The van der Waals surface area contributed by atoms with E-state index in [1.807, 2.05) is 20.8 Å². The predicted octanol–water partition coefficient (Wildman–Crippen LogP) is 3.40. The van der Waals surface area contributed by atoms with Gasteiger partial charge in [0.1, 0.15) is 4.75 Å². The Morgan fingerprint density at radius 3 is 2.78 bits per heavy atom. The molecular formula is C13H19ClN2OS. The van der Waals surface area contributed by atoms with Crippen LogP contribution in [0.1, 0.15) is 38.9 Å². The number of rotatable bonds is 5. The molecule has 1 aromatic heterocycles. The van der Waals surface area contributed by atoms with E-state index in [1.165, 1.54) is 0 Å². The second-order valence-electron chi connectivity index (χ2n) is 4.97. The Bertz CT molecular complexity index is 406. The first-order valence-electron chi connectivity index (χ1n) is 5.75. The Hall–Kier alpha value is -0.550. The van der Waals surface area contributed by atoms with Gasteiger partial charge in [0.05, 0.1) is 11.7 Å². The molecule has 0 fully saturated rings. The van der Waals surface area contributed by atoms with Crippen LogP contribution in [0.3, 0.4) is 0 Å². The quantitative estimate of drug-likeness (QED) is 0.666. The molecule has 0 aromatic carbocycles. The molecule has 1 N–H and O–H groups in total. The van der Waals surface area contributed by atoms with Crippen molar-refractivity contribution >= 4 is 23.0 Å². The molecule has 1 heterocycles. The molecule has 0 amide bonds. The molecule has 1 aromatic rings. The fourth-order valence-corrected chi connectivity index (χ4v) is 2.31. The summed E-state index contributed by atoms with van der Waals surface area (Å²) in [5.41, 5.74) is 0.778. The molecule has 0 spiro atoms. The second kappa shape index (κ2) is 6.57. The van der Waals surface area contributed by atoms with Crippen molar-refractivity contribution in [2.75, 3.05) is 0 Å². The zero-order valence-corrected chi connectivity index (χ0v) is 12.5. The topological polar surface area (TPSA) is 48.0 Å². The first-order chi connectivity index (χ1) is 8.34. The maximum Gasteiger partial charge on any atom is 0.136 e. The van der Waals surface area contributed by atoms with Crippen LogP contribution >= 0.6 is 11.6 Å². The van der Waals surface area contributed by atoms with E-state index in [1.54, 1.807) is 24.4 Å². The zero-order valence-electron chi connectivity index (χ0n) is 10.9. The maximum atomic E-state index is 12.1. The van der Waals surface area contributed by atoms with Crippen LogP contribution in [0.15, 0.2) is 31.0 Å². The van der Waals surface area contributed by atoms with E-state index in [4.69, 9.17) is 11.6 Å². The summed E-state index contributed by atoms with van der Waals surface area (Å²) in [6.07, 6.45) is 4.07. The number of hydrogen-bond acceptors (Lipinski definition) is 3. The minimum atomic E-state index is -1.16. The van der Waals surface area contributed by atoms with Gasteiger partial charge >= 0.3 is 0 Å². The van der Waals surface area contributed by atoms with Crippen LogP contribution in [0.2, 0.25) is 5.02 Å². The maximum absolute atomic E-state index is 12.1. The van der Waals surface area contributed by atoms with Crippen molar-refractivity contribution in [2.45, 2.75) is 38.0 Å². The molecule has 0 aliphatic heterocycles. The highest BCUT2D eigenvalue weighted by Gasteiger charge is 2.29. The molecule has 1 unspecified atom stereocenters. The Morgan fingerprint density at radius 1 is 1.61 bits per heavy atom. The number of nitrogens with zero attached hydrogens (tertiary/aromatic N) is 1. The molecular weight excluding hydrogens is 268 g/mol. The summed E-state index contributed by atoms with van der Waals surface area (Å²) in [6.45, 7) is 9.49. The summed E-state index contributed by atoms with van der Waals surface area (Å²) in [6, 6.07) is 3.36. The third-order valence-electron chi connectivity index (χ3n) is 2.31. The van der Waals surface area contributed by atoms with Gasteiger partial charge < -0.3 is 4.55 Å². The van der Waals surface area contributed by atoms with E-state index in [-0.39, 0.29) is 10.8 Å². The Labute approximate surface area is 117 Å². The molecule has 0 saturated carbocycles. The number of aromatic nitrogens is 1. The van der Waals surface area contributed by atoms with Crippen molar-refractivity contribution in [3.05, 3.63) is 41.7 Å². The van der Waals surface area contributed by atoms with Crippen LogP contribution < -0.4 is 4.72 Å². The lowest BCUT2D eigenvalue weighted by atomic mass is 10.1. The summed E-state index contributed by atoms with van der Waals surface area (Å²) in [5.74, 6) is 0. The Balaban J connectivity index is 2.86. The van der Waals surface area contributed by atoms with Crippen molar-refractivity contribution in [1.29, 1.82) is 0 Å². The summed E-state index contributed by atoms with van der Waals surface area (Å²) in [4.78, 5) is 4.26. The number of halogens is 1. The monoisotopic (exact) mass is 286 g/mol. The third-order valence-corrected chi connectivity index (χ3v) is 4.15. The lowest BCUT2D eigenvalue weighted by Crippen LogP contribution is -2.41. The normalized spacial score (nSPS) is 15.2. The number of nitrogens with one attached hydrogen (secondary N) is 1. The molecule has 18 heavy (non-hydrogen) atoms. The van der Waals surface area contributed by atoms with Gasteiger partial charge in [0.25, 0.3) is 0 Å². The van der Waals surface area contributed by atoms with Crippen LogP contribution in [-0.2, 0) is 11.4 Å². The molecule has 5 heteroatoms. The van der Waals surface area contributed by atoms with Gasteiger partial charge in [-0.1, -0.05) is 17.7 Å². The summed E-state index contributed by atoms with van der Waals surface area (Å²) >= 11 is 4.79. The van der Waals surface area contributed by atoms with Crippen molar-refractivity contribution in [3.63, 3.8) is 0 Å². The standard InChI is InChI=1S/C13H19ClN2OS/c1-5-6-11(16-18(17)13(2,3)4)12-9-10(14)7-8-15-12/h5,7-9,11,16H,1,6H2,2-4H3/t11?,18-/m0/s1. The molecule has 0 bridgehead atoms. The molecule has 1 rings (SSSR count). The van der Waals surface area contributed by atoms with Crippen molar-refractivity contribution in [1.82, 2.24) is 9.71 Å². The highest BCUT2D eigenvalue weighted by Crippen LogP contribution is 2.23. The van der Waals surface area contributed by atoms with E-state index in [2.05, 4.69) is 16.3 Å². The van der Waals surface area contributed by atoms with Crippen LogP contribution in [0.4, 0.5) is 0 Å². The Kier molecular flexibility index (Phi) is 5.66. The van der Waals surface area contributed by atoms with E-state index >= 15 is 0 Å². The van der Waals surface area contributed by atoms with Crippen LogP contribution in [-0.4, -0.2) is 14.3 Å². The average Bonchev–Trinajstić information content (AvgIpc) is 2.27. The molecule has 3 nitrogen and oxygen atoms in total. The first kappa shape index (κ1) is 15.5. The highest BCUT2D eigenvalue weighted by atomic mass is 35.5. The summed E-state index contributed by atoms with van der Waals surface area (Å²) < 4.78 is 14.9. The fraction of sp³-hybridized carbons (Fsp3) is 0.462. The van der Waals surface area contributed by atoms with Gasteiger partial charge in [-0.15, -0.1) is 11.3 Å². The average molecular weight is 287 g/mol. The number of pyridine rings is 1. The fourth-order valence-electron chi connectivity index (χ4n) is 1.31. The van der Waals surface area contributed by atoms with Crippen LogP contribution in [0.5, 0.6) is 0 Å². The smallest absolute Gasteiger partial charge is 0.136 e. The van der Waals surface area contributed by atoms with Crippen molar-refractivity contribution < 1.29 is 4.55 Å². The Morgan fingerprint density at radius 2 is 2.28 bits per heavy atom. The molecule has 0 saturated heterocycles. The van der Waals surface area contributed by atoms with Crippen molar-refractivity contribution in [3.8, 4) is 0 Å². The molecule has 100 valence electrons. The minimum Gasteiger partial charge on any atom is -0.598 e. The lowest BCUT2D eigenvalue weighted by Gasteiger charge is -2.27. The van der Waals surface area contributed by atoms with Crippen LogP contribution in [0, 0.1) is 0 Å². The first-order valence-corrected chi connectivity index (χ1v) is 7.27. The van der Waals surface area contributed by atoms with Gasteiger partial charge in [0, 0.05) is 22.6 Å². The minimum absolute atomic E-state index is 0.138.